The first-order valence-corrected chi connectivity index (χ1v) is 12.3. The fraction of sp³-hybridized carbons (Fsp3) is 0.538. The number of rotatable bonds is 4. The average molecular weight is 505 g/mol. The van der Waals surface area contributed by atoms with Crippen LogP contribution >= 0.6 is 0 Å². The predicted octanol–water partition coefficient (Wildman–Crippen LogP) is 3.92. The summed E-state index contributed by atoms with van der Waals surface area (Å²) in [6.45, 7) is 5.85. The van der Waals surface area contributed by atoms with Crippen molar-refractivity contribution in [1.82, 2.24) is 15.1 Å². The Morgan fingerprint density at radius 2 is 2.00 bits per heavy atom. The smallest absolute Gasteiger partial charge is 0.381 e. The van der Waals surface area contributed by atoms with Gasteiger partial charge in [-0.05, 0) is 43.5 Å². The van der Waals surface area contributed by atoms with Gasteiger partial charge in [-0.3, -0.25) is 9.79 Å². The molecular formula is C26H31F3N4O3. The lowest BCUT2D eigenvalue weighted by molar-refractivity contribution is -0.165. The lowest BCUT2D eigenvalue weighted by atomic mass is 9.92. The van der Waals surface area contributed by atoms with Crippen molar-refractivity contribution in [2.75, 3.05) is 40.0 Å². The molecule has 4 heterocycles. The van der Waals surface area contributed by atoms with Crippen LogP contribution in [0.25, 0.3) is 0 Å². The molecule has 1 N–H and O–H groups in total. The Hall–Kier alpha value is -2.85. The molecule has 0 spiro atoms. The SMILES string of the molecule is COC1(C(=O)N2CC3=C(C2)N2CCC=C2NC3=N[C@H](C)c2cccc(C(F)(F)F)c2C)CCOCC1. The van der Waals surface area contributed by atoms with Gasteiger partial charge in [-0.1, -0.05) is 12.1 Å². The van der Waals surface area contributed by atoms with Crippen LogP contribution in [0.4, 0.5) is 13.2 Å². The second kappa shape index (κ2) is 9.23. The molecule has 1 atom stereocenters. The number of fused-ring (bicyclic) bond motifs is 2. The van der Waals surface area contributed by atoms with Crippen molar-refractivity contribution in [3.8, 4) is 0 Å². The molecule has 0 aromatic heterocycles. The Bertz CT molecular complexity index is 1150. The largest absolute Gasteiger partial charge is 0.416 e. The zero-order valence-corrected chi connectivity index (χ0v) is 20.7. The lowest BCUT2D eigenvalue weighted by Gasteiger charge is -2.37. The van der Waals surface area contributed by atoms with Crippen LogP contribution in [0.3, 0.4) is 0 Å². The normalized spacial score (nSPS) is 23.4. The molecule has 1 fully saturated rings. The molecular weight excluding hydrogens is 473 g/mol. The first kappa shape index (κ1) is 24.8. The van der Waals surface area contributed by atoms with E-state index in [0.717, 1.165) is 36.1 Å². The minimum atomic E-state index is -4.42. The number of halogens is 3. The summed E-state index contributed by atoms with van der Waals surface area (Å²) in [5.74, 6) is 1.45. The Morgan fingerprint density at radius 1 is 1.25 bits per heavy atom. The van der Waals surface area contributed by atoms with E-state index in [1.165, 1.54) is 13.0 Å². The van der Waals surface area contributed by atoms with Crippen molar-refractivity contribution >= 4 is 11.7 Å². The molecule has 4 aliphatic heterocycles. The molecule has 1 aromatic rings. The molecule has 1 saturated heterocycles. The first-order chi connectivity index (χ1) is 17.1. The van der Waals surface area contributed by atoms with Crippen LogP contribution in [0.1, 0.15) is 48.9 Å². The summed E-state index contributed by atoms with van der Waals surface area (Å²) in [4.78, 5) is 22.5. The highest BCUT2D eigenvalue weighted by Gasteiger charge is 2.46. The Labute approximate surface area is 208 Å². The number of carbonyl (C=O) groups is 1. The molecule has 0 unspecified atom stereocenters. The monoisotopic (exact) mass is 504 g/mol. The number of hydrogen-bond acceptors (Lipinski definition) is 5. The highest BCUT2D eigenvalue weighted by atomic mass is 19.4. The molecule has 10 heteroatoms. The zero-order chi connectivity index (χ0) is 25.7. The van der Waals surface area contributed by atoms with Gasteiger partial charge < -0.3 is 24.6 Å². The third-order valence-corrected chi connectivity index (χ3v) is 7.70. The molecule has 4 aliphatic rings. The van der Waals surface area contributed by atoms with Crippen LogP contribution in [0.2, 0.25) is 0 Å². The second-order valence-corrected chi connectivity index (χ2v) is 9.72. The van der Waals surface area contributed by atoms with Crippen molar-refractivity contribution in [2.24, 2.45) is 4.99 Å². The summed E-state index contributed by atoms with van der Waals surface area (Å²) in [6, 6.07) is 3.71. The highest BCUT2D eigenvalue weighted by Crippen LogP contribution is 2.38. The van der Waals surface area contributed by atoms with E-state index in [9.17, 15) is 18.0 Å². The molecule has 7 nitrogen and oxygen atoms in total. The quantitative estimate of drug-likeness (QED) is 0.674. The van der Waals surface area contributed by atoms with Crippen LogP contribution in [0.5, 0.6) is 0 Å². The van der Waals surface area contributed by atoms with E-state index in [0.29, 0.717) is 50.5 Å². The summed E-state index contributed by atoms with van der Waals surface area (Å²) in [5, 5.41) is 3.38. The van der Waals surface area contributed by atoms with E-state index >= 15 is 0 Å². The van der Waals surface area contributed by atoms with Gasteiger partial charge >= 0.3 is 6.18 Å². The number of ether oxygens (including phenoxy) is 2. The second-order valence-electron chi connectivity index (χ2n) is 9.72. The molecule has 0 radical (unpaired) electrons. The van der Waals surface area contributed by atoms with Crippen LogP contribution in [-0.4, -0.2) is 67.1 Å². The zero-order valence-electron chi connectivity index (χ0n) is 20.7. The van der Waals surface area contributed by atoms with Gasteiger partial charge in [0.05, 0.1) is 24.7 Å². The predicted molar refractivity (Wildman–Crippen MR) is 128 cm³/mol. The molecule has 1 aromatic carbocycles. The van der Waals surface area contributed by atoms with Crippen LogP contribution in [0, 0.1) is 6.92 Å². The summed E-state index contributed by atoms with van der Waals surface area (Å²) >= 11 is 0. The average Bonchev–Trinajstić information content (AvgIpc) is 3.50. The molecule has 0 bridgehead atoms. The molecule has 5 rings (SSSR count). The number of amidine groups is 1. The maximum absolute atomic E-state index is 13.6. The first-order valence-electron chi connectivity index (χ1n) is 12.3. The topological polar surface area (TPSA) is 66.4 Å². The van der Waals surface area contributed by atoms with E-state index in [4.69, 9.17) is 14.5 Å². The van der Waals surface area contributed by atoms with Gasteiger partial charge in [0.25, 0.3) is 5.91 Å². The molecule has 36 heavy (non-hydrogen) atoms. The lowest BCUT2D eigenvalue weighted by Crippen LogP contribution is -2.53. The molecule has 0 saturated carbocycles. The number of nitrogens with one attached hydrogen (secondary N) is 1. The number of methoxy groups -OCH3 is 1. The number of hydrogen-bond donors (Lipinski definition) is 1. The third kappa shape index (κ3) is 4.20. The summed E-state index contributed by atoms with van der Waals surface area (Å²) in [6.07, 6.45) is -0.470. The van der Waals surface area contributed by atoms with E-state index < -0.39 is 23.4 Å². The molecule has 1 amide bonds. The van der Waals surface area contributed by atoms with Gasteiger partial charge in [0.1, 0.15) is 11.7 Å². The van der Waals surface area contributed by atoms with Gasteiger partial charge in [-0.15, -0.1) is 0 Å². The number of amides is 1. The number of carbonyl (C=O) groups excluding carboxylic acids is 1. The standard InChI is InChI=1S/C26H31F3N4O3/c1-16-18(6-4-7-20(16)26(27,28)29)17(2)30-23-19-14-32(15-21(19)33-11-5-8-22(33)31-23)24(34)25(35-3)9-12-36-13-10-25/h4,6-8,17H,5,9-15H2,1-3H3,(H,30,31)/t17-/m1/s1. The van der Waals surface area contributed by atoms with Crippen LogP contribution < -0.4 is 5.32 Å². The maximum atomic E-state index is 13.6. The Balaban J connectivity index is 1.46. The van der Waals surface area contributed by atoms with Gasteiger partial charge in [-0.2, -0.15) is 13.2 Å². The van der Waals surface area contributed by atoms with Gasteiger partial charge in [-0.25, -0.2) is 0 Å². The summed E-state index contributed by atoms with van der Waals surface area (Å²) in [7, 11) is 1.57. The van der Waals surface area contributed by atoms with E-state index in [1.807, 2.05) is 0 Å². The minimum absolute atomic E-state index is 0.0615. The van der Waals surface area contributed by atoms with Crippen molar-refractivity contribution in [2.45, 2.75) is 50.9 Å². The highest BCUT2D eigenvalue weighted by molar-refractivity contribution is 6.03. The van der Waals surface area contributed by atoms with Crippen molar-refractivity contribution in [1.29, 1.82) is 0 Å². The maximum Gasteiger partial charge on any atom is 0.416 e. The van der Waals surface area contributed by atoms with Crippen molar-refractivity contribution in [3.05, 3.63) is 58.1 Å². The van der Waals surface area contributed by atoms with E-state index in [2.05, 4.69) is 16.3 Å². The fourth-order valence-corrected chi connectivity index (χ4v) is 5.66. The number of benzene rings is 1. The summed E-state index contributed by atoms with van der Waals surface area (Å²) in [5.41, 5.74) is 1.07. The number of nitrogens with zero attached hydrogens (tertiary/aromatic N) is 3. The van der Waals surface area contributed by atoms with Crippen LogP contribution in [-0.2, 0) is 20.4 Å². The Morgan fingerprint density at radius 3 is 2.69 bits per heavy atom. The Kier molecular flexibility index (Phi) is 6.36. The number of aliphatic imine (C=N–C) groups is 1. The third-order valence-electron chi connectivity index (χ3n) is 7.70. The summed E-state index contributed by atoms with van der Waals surface area (Å²) < 4.78 is 51.6. The fourth-order valence-electron chi connectivity index (χ4n) is 5.66. The van der Waals surface area contributed by atoms with Crippen molar-refractivity contribution in [3.63, 3.8) is 0 Å². The van der Waals surface area contributed by atoms with Crippen molar-refractivity contribution < 1.29 is 27.4 Å². The van der Waals surface area contributed by atoms with Crippen LogP contribution in [0.15, 0.2) is 46.4 Å². The molecule has 0 aliphatic carbocycles. The van der Waals surface area contributed by atoms with Gasteiger partial charge in [0.15, 0.2) is 5.60 Å². The van der Waals surface area contributed by atoms with E-state index in [1.54, 1.807) is 25.0 Å². The molecule has 194 valence electrons. The van der Waals surface area contributed by atoms with Gasteiger partial charge in [0.2, 0.25) is 0 Å². The van der Waals surface area contributed by atoms with Gasteiger partial charge in [0, 0.05) is 51.0 Å². The van der Waals surface area contributed by atoms with E-state index in [-0.39, 0.29) is 11.5 Å². The minimum Gasteiger partial charge on any atom is -0.381 e. The number of alkyl halides is 3.